The van der Waals surface area contributed by atoms with Crippen LogP contribution >= 0.6 is 11.6 Å². The fraction of sp³-hybridized carbons (Fsp3) is 0.538. The van der Waals surface area contributed by atoms with E-state index in [0.29, 0.717) is 17.5 Å². The summed E-state index contributed by atoms with van der Waals surface area (Å²) in [6, 6.07) is 4.15. The second-order valence-corrected chi connectivity index (χ2v) is 4.45. The van der Waals surface area contributed by atoms with E-state index in [1.807, 2.05) is 6.07 Å². The van der Waals surface area contributed by atoms with Crippen LogP contribution in [0.25, 0.3) is 0 Å². The van der Waals surface area contributed by atoms with Crippen LogP contribution in [-0.4, -0.2) is 13.7 Å². The van der Waals surface area contributed by atoms with E-state index < -0.39 is 0 Å². The van der Waals surface area contributed by atoms with Gasteiger partial charge in [-0.3, -0.25) is 0 Å². The lowest BCUT2D eigenvalue weighted by Crippen LogP contribution is -2.06. The van der Waals surface area contributed by atoms with Crippen LogP contribution in [-0.2, 0) is 6.42 Å². The molecule has 2 N–H and O–H groups in total. The Hall–Kier alpha value is -0.730. The van der Waals surface area contributed by atoms with Crippen molar-refractivity contribution in [2.24, 2.45) is 5.73 Å². The first-order valence-electron chi connectivity index (χ1n) is 5.70. The van der Waals surface area contributed by atoms with Gasteiger partial charge in [-0.05, 0) is 42.5 Å². The maximum absolute atomic E-state index is 6.21. The van der Waals surface area contributed by atoms with Crippen molar-refractivity contribution in [1.29, 1.82) is 0 Å². The van der Waals surface area contributed by atoms with Gasteiger partial charge in [0.15, 0.2) is 0 Å². The number of hydrogen-bond donors (Lipinski definition) is 1. The molecule has 1 aromatic carbocycles. The molecule has 16 heavy (non-hydrogen) atoms. The molecule has 1 unspecified atom stereocenters. The van der Waals surface area contributed by atoms with Crippen LogP contribution in [0.4, 0.5) is 0 Å². The van der Waals surface area contributed by atoms with Crippen molar-refractivity contribution < 1.29 is 4.74 Å². The second-order valence-electron chi connectivity index (χ2n) is 4.04. The lowest BCUT2D eigenvalue weighted by atomic mass is 9.95. The lowest BCUT2D eigenvalue weighted by Gasteiger charge is -2.15. The fourth-order valence-electron chi connectivity index (χ4n) is 1.76. The van der Waals surface area contributed by atoms with Crippen LogP contribution in [0.2, 0.25) is 5.02 Å². The van der Waals surface area contributed by atoms with Crippen LogP contribution in [0.5, 0.6) is 5.75 Å². The minimum absolute atomic E-state index is 0.514. The Balaban J connectivity index is 3.16. The summed E-state index contributed by atoms with van der Waals surface area (Å²) in [7, 11) is 1.64. The van der Waals surface area contributed by atoms with E-state index in [4.69, 9.17) is 22.1 Å². The molecule has 1 rings (SSSR count). The molecule has 3 heteroatoms. The van der Waals surface area contributed by atoms with Gasteiger partial charge < -0.3 is 10.5 Å². The lowest BCUT2D eigenvalue weighted by molar-refractivity contribution is 0.409. The number of rotatable bonds is 5. The summed E-state index contributed by atoms with van der Waals surface area (Å²) in [4.78, 5) is 0. The third-order valence-electron chi connectivity index (χ3n) is 2.94. The topological polar surface area (TPSA) is 35.2 Å². The van der Waals surface area contributed by atoms with Crippen molar-refractivity contribution >= 4 is 11.6 Å². The van der Waals surface area contributed by atoms with E-state index in [1.165, 1.54) is 5.56 Å². The Morgan fingerprint density at radius 1 is 1.44 bits per heavy atom. The number of halogens is 1. The molecular formula is C13H20ClNO. The van der Waals surface area contributed by atoms with E-state index >= 15 is 0 Å². The van der Waals surface area contributed by atoms with Crippen LogP contribution in [0.15, 0.2) is 12.1 Å². The molecule has 0 aliphatic carbocycles. The van der Waals surface area contributed by atoms with E-state index in [9.17, 15) is 0 Å². The highest BCUT2D eigenvalue weighted by atomic mass is 35.5. The summed E-state index contributed by atoms with van der Waals surface area (Å²) < 4.78 is 5.31. The third kappa shape index (κ3) is 2.89. The minimum atomic E-state index is 0.514. The van der Waals surface area contributed by atoms with Gasteiger partial charge in [-0.2, -0.15) is 0 Å². The van der Waals surface area contributed by atoms with Gasteiger partial charge >= 0.3 is 0 Å². The fourth-order valence-corrected chi connectivity index (χ4v) is 2.09. The van der Waals surface area contributed by atoms with E-state index in [0.717, 1.165) is 24.2 Å². The molecule has 90 valence electrons. The van der Waals surface area contributed by atoms with Gasteiger partial charge in [-0.25, -0.2) is 0 Å². The Morgan fingerprint density at radius 2 is 2.12 bits per heavy atom. The van der Waals surface area contributed by atoms with Gasteiger partial charge in [0.25, 0.3) is 0 Å². The molecule has 0 amide bonds. The van der Waals surface area contributed by atoms with Crippen molar-refractivity contribution in [3.63, 3.8) is 0 Å². The summed E-state index contributed by atoms with van der Waals surface area (Å²) in [5, 5.41) is 0.684. The molecule has 0 saturated carbocycles. The number of hydrogen-bond acceptors (Lipinski definition) is 2. The smallest absolute Gasteiger partial charge is 0.140 e. The second kappa shape index (κ2) is 6.12. The highest BCUT2D eigenvalue weighted by Gasteiger charge is 2.12. The largest absolute Gasteiger partial charge is 0.495 e. The number of nitrogens with two attached hydrogens (primary N) is 1. The van der Waals surface area contributed by atoms with E-state index in [1.54, 1.807) is 7.11 Å². The van der Waals surface area contributed by atoms with Gasteiger partial charge in [0, 0.05) is 0 Å². The van der Waals surface area contributed by atoms with Crippen molar-refractivity contribution in [1.82, 2.24) is 0 Å². The van der Waals surface area contributed by atoms with Crippen LogP contribution < -0.4 is 10.5 Å². The molecule has 1 aromatic rings. The highest BCUT2D eigenvalue weighted by Crippen LogP contribution is 2.33. The molecule has 0 aromatic heterocycles. The molecule has 0 aliphatic heterocycles. The Kier molecular flexibility index (Phi) is 5.10. The predicted octanol–water partition coefficient (Wildman–Crippen LogP) is 3.36. The van der Waals surface area contributed by atoms with Crippen LogP contribution in [0.1, 0.15) is 37.3 Å². The summed E-state index contributed by atoms with van der Waals surface area (Å²) in [6.07, 6.45) is 1.90. The van der Waals surface area contributed by atoms with Gasteiger partial charge in [0.2, 0.25) is 0 Å². The zero-order valence-electron chi connectivity index (χ0n) is 10.2. The van der Waals surface area contributed by atoms with E-state index in [2.05, 4.69) is 19.9 Å². The molecule has 2 nitrogen and oxygen atoms in total. The molecule has 0 fully saturated rings. The first kappa shape index (κ1) is 13.3. The standard InChI is InChI=1S/C13H20ClNO/c1-4-9(2)11-7-10(5-6-15)13(16-3)12(14)8-11/h7-9H,4-6,15H2,1-3H3. The average molecular weight is 242 g/mol. The summed E-state index contributed by atoms with van der Waals surface area (Å²) in [5.41, 5.74) is 7.96. The normalized spacial score (nSPS) is 12.6. The summed E-state index contributed by atoms with van der Waals surface area (Å²) >= 11 is 6.21. The van der Waals surface area contributed by atoms with Gasteiger partial charge in [-0.1, -0.05) is 31.5 Å². The van der Waals surface area contributed by atoms with Crippen LogP contribution in [0.3, 0.4) is 0 Å². The first-order chi connectivity index (χ1) is 7.63. The Labute approximate surface area is 103 Å². The predicted molar refractivity (Wildman–Crippen MR) is 69.5 cm³/mol. The molecule has 0 bridgehead atoms. The Morgan fingerprint density at radius 3 is 2.62 bits per heavy atom. The first-order valence-corrected chi connectivity index (χ1v) is 6.08. The Bertz CT molecular complexity index is 352. The summed E-state index contributed by atoms with van der Waals surface area (Å²) in [6.45, 7) is 4.98. The zero-order chi connectivity index (χ0) is 12.1. The third-order valence-corrected chi connectivity index (χ3v) is 3.22. The highest BCUT2D eigenvalue weighted by molar-refractivity contribution is 6.32. The number of ether oxygens (including phenoxy) is 1. The molecule has 0 radical (unpaired) electrons. The molecule has 1 atom stereocenters. The van der Waals surface area contributed by atoms with Crippen LogP contribution in [0, 0.1) is 0 Å². The molecule has 0 saturated heterocycles. The van der Waals surface area contributed by atoms with Crippen molar-refractivity contribution in [2.75, 3.05) is 13.7 Å². The van der Waals surface area contributed by atoms with Crippen molar-refractivity contribution in [3.05, 3.63) is 28.3 Å². The van der Waals surface area contributed by atoms with Crippen molar-refractivity contribution in [3.8, 4) is 5.75 Å². The average Bonchev–Trinajstić information content (AvgIpc) is 2.28. The number of methoxy groups -OCH3 is 1. The van der Waals surface area contributed by atoms with Gasteiger partial charge in [-0.15, -0.1) is 0 Å². The molecule has 0 heterocycles. The maximum Gasteiger partial charge on any atom is 0.140 e. The molecule has 0 aliphatic rings. The maximum atomic E-state index is 6.21. The quantitative estimate of drug-likeness (QED) is 0.858. The minimum Gasteiger partial charge on any atom is -0.495 e. The zero-order valence-corrected chi connectivity index (χ0v) is 11.0. The summed E-state index contributed by atoms with van der Waals surface area (Å²) in [5.74, 6) is 1.28. The van der Waals surface area contributed by atoms with Gasteiger partial charge in [0.05, 0.1) is 12.1 Å². The van der Waals surface area contributed by atoms with Crippen molar-refractivity contribution in [2.45, 2.75) is 32.6 Å². The SMILES string of the molecule is CCC(C)c1cc(Cl)c(OC)c(CCN)c1. The van der Waals surface area contributed by atoms with Gasteiger partial charge in [0.1, 0.15) is 5.75 Å². The molecular weight excluding hydrogens is 222 g/mol. The monoisotopic (exact) mass is 241 g/mol. The molecule has 0 spiro atoms. The van der Waals surface area contributed by atoms with E-state index in [-0.39, 0.29) is 0 Å². The number of benzene rings is 1.